The number of rotatable bonds is 5. The van der Waals surface area contributed by atoms with Crippen molar-refractivity contribution in [3.05, 3.63) is 34.3 Å². The van der Waals surface area contributed by atoms with Gasteiger partial charge in [-0.15, -0.1) is 0 Å². The summed E-state index contributed by atoms with van der Waals surface area (Å²) in [7, 11) is 1.82. The molecule has 0 aromatic heterocycles. The van der Waals surface area contributed by atoms with E-state index in [0.29, 0.717) is 0 Å². The zero-order valence-electron chi connectivity index (χ0n) is 12.4. The Balaban J connectivity index is 1.87. The highest BCUT2D eigenvalue weighted by Crippen LogP contribution is 2.26. The van der Waals surface area contributed by atoms with Crippen LogP contribution in [0.2, 0.25) is 0 Å². The van der Waals surface area contributed by atoms with E-state index in [1.54, 1.807) is 0 Å². The zero-order valence-corrected chi connectivity index (χ0v) is 14.0. The molecular weight excluding hydrogens is 316 g/mol. The summed E-state index contributed by atoms with van der Waals surface area (Å²) in [6.45, 7) is 5.39. The SMILES string of the molecule is COC1(C)CCCN(CCC(N)c2ccccc2Br)C1. The molecule has 1 heterocycles. The number of hydrogen-bond acceptors (Lipinski definition) is 3. The number of halogens is 1. The Morgan fingerprint density at radius 2 is 2.20 bits per heavy atom. The minimum Gasteiger partial charge on any atom is -0.377 e. The summed E-state index contributed by atoms with van der Waals surface area (Å²) >= 11 is 3.58. The molecule has 1 saturated heterocycles. The largest absolute Gasteiger partial charge is 0.377 e. The van der Waals surface area contributed by atoms with Crippen molar-refractivity contribution in [2.75, 3.05) is 26.7 Å². The number of nitrogens with two attached hydrogens (primary N) is 1. The molecule has 20 heavy (non-hydrogen) atoms. The van der Waals surface area contributed by atoms with Gasteiger partial charge in [0.15, 0.2) is 0 Å². The first-order chi connectivity index (χ1) is 9.54. The third-order valence-corrected chi connectivity index (χ3v) is 5.01. The maximum absolute atomic E-state index is 6.33. The van der Waals surface area contributed by atoms with E-state index in [-0.39, 0.29) is 11.6 Å². The summed E-state index contributed by atoms with van der Waals surface area (Å²) in [5, 5.41) is 0. The van der Waals surface area contributed by atoms with Crippen molar-refractivity contribution in [1.82, 2.24) is 4.90 Å². The second kappa shape index (κ2) is 7.03. The fourth-order valence-electron chi connectivity index (χ4n) is 2.92. The van der Waals surface area contributed by atoms with Gasteiger partial charge in [-0.3, -0.25) is 0 Å². The molecule has 3 nitrogen and oxygen atoms in total. The summed E-state index contributed by atoms with van der Waals surface area (Å²) in [6, 6.07) is 8.31. The number of likely N-dealkylation sites (tertiary alicyclic amines) is 1. The van der Waals surface area contributed by atoms with Crippen LogP contribution in [0.4, 0.5) is 0 Å². The molecular formula is C16H25BrN2O. The fourth-order valence-corrected chi connectivity index (χ4v) is 3.50. The van der Waals surface area contributed by atoms with Gasteiger partial charge in [-0.1, -0.05) is 34.1 Å². The van der Waals surface area contributed by atoms with Crippen molar-refractivity contribution < 1.29 is 4.74 Å². The Kier molecular flexibility index (Phi) is 5.61. The summed E-state index contributed by atoms with van der Waals surface area (Å²) in [5.41, 5.74) is 7.53. The third-order valence-electron chi connectivity index (χ3n) is 4.29. The minimum absolute atomic E-state index is 0.00960. The summed E-state index contributed by atoms with van der Waals surface area (Å²) in [4.78, 5) is 2.48. The number of methoxy groups -OCH3 is 1. The van der Waals surface area contributed by atoms with Crippen molar-refractivity contribution in [3.8, 4) is 0 Å². The molecule has 1 aromatic carbocycles. The molecule has 4 heteroatoms. The van der Waals surface area contributed by atoms with Crippen LogP contribution in [-0.4, -0.2) is 37.2 Å². The van der Waals surface area contributed by atoms with Crippen molar-refractivity contribution in [2.24, 2.45) is 5.73 Å². The Morgan fingerprint density at radius 3 is 2.90 bits per heavy atom. The van der Waals surface area contributed by atoms with Gasteiger partial charge in [0.2, 0.25) is 0 Å². The van der Waals surface area contributed by atoms with Crippen molar-refractivity contribution in [3.63, 3.8) is 0 Å². The topological polar surface area (TPSA) is 38.5 Å². The van der Waals surface area contributed by atoms with E-state index in [0.717, 1.165) is 36.9 Å². The van der Waals surface area contributed by atoms with Gasteiger partial charge in [0.1, 0.15) is 0 Å². The molecule has 1 aliphatic rings. The van der Waals surface area contributed by atoms with E-state index in [1.807, 2.05) is 19.2 Å². The molecule has 112 valence electrons. The molecule has 0 radical (unpaired) electrons. The van der Waals surface area contributed by atoms with E-state index >= 15 is 0 Å². The van der Waals surface area contributed by atoms with E-state index in [2.05, 4.69) is 39.9 Å². The smallest absolute Gasteiger partial charge is 0.0777 e. The van der Waals surface area contributed by atoms with Crippen molar-refractivity contribution in [1.29, 1.82) is 0 Å². The third kappa shape index (κ3) is 4.04. The molecule has 1 fully saturated rings. The van der Waals surface area contributed by atoms with E-state index in [4.69, 9.17) is 10.5 Å². The highest BCUT2D eigenvalue weighted by atomic mass is 79.9. The quantitative estimate of drug-likeness (QED) is 0.893. The van der Waals surface area contributed by atoms with Crippen molar-refractivity contribution >= 4 is 15.9 Å². The van der Waals surface area contributed by atoms with Crippen LogP contribution in [0, 0.1) is 0 Å². The second-order valence-electron chi connectivity index (χ2n) is 5.95. The van der Waals surface area contributed by atoms with Gasteiger partial charge in [-0.2, -0.15) is 0 Å². The van der Waals surface area contributed by atoms with Crippen LogP contribution in [0.25, 0.3) is 0 Å². The lowest BCUT2D eigenvalue weighted by Crippen LogP contribution is -2.47. The predicted octanol–water partition coefficient (Wildman–Crippen LogP) is 3.34. The fraction of sp³-hybridized carbons (Fsp3) is 0.625. The number of piperidine rings is 1. The molecule has 1 aliphatic heterocycles. The lowest BCUT2D eigenvalue weighted by atomic mass is 9.94. The number of hydrogen-bond donors (Lipinski definition) is 1. The molecule has 2 N–H and O–H groups in total. The summed E-state index contributed by atoms with van der Waals surface area (Å²) < 4.78 is 6.74. The van der Waals surface area contributed by atoms with Crippen LogP contribution >= 0.6 is 15.9 Å². The molecule has 2 atom stereocenters. The van der Waals surface area contributed by atoms with Crippen molar-refractivity contribution in [2.45, 2.75) is 37.8 Å². The lowest BCUT2D eigenvalue weighted by molar-refractivity contribution is -0.0510. The Bertz CT molecular complexity index is 440. The molecule has 0 saturated carbocycles. The average molecular weight is 341 g/mol. The standard InChI is InChI=1S/C16H25BrN2O/c1-16(20-2)9-5-10-19(12-16)11-8-15(18)13-6-3-4-7-14(13)17/h3-4,6-7,15H,5,8-12,18H2,1-2H3. The second-order valence-corrected chi connectivity index (χ2v) is 6.80. The number of ether oxygens (including phenoxy) is 1. The first kappa shape index (κ1) is 16.0. The monoisotopic (exact) mass is 340 g/mol. The first-order valence-electron chi connectivity index (χ1n) is 7.31. The maximum Gasteiger partial charge on any atom is 0.0777 e. The summed E-state index contributed by atoms with van der Waals surface area (Å²) in [5.74, 6) is 0. The Hall–Kier alpha value is -0.420. The highest BCUT2D eigenvalue weighted by molar-refractivity contribution is 9.10. The molecule has 1 aromatic rings. The normalized spacial score (nSPS) is 25.6. The molecule has 0 bridgehead atoms. The zero-order chi connectivity index (χ0) is 14.6. The molecule has 0 aliphatic carbocycles. The van der Waals surface area contributed by atoms with Gasteiger partial charge in [-0.05, 0) is 44.4 Å². The molecule has 0 amide bonds. The first-order valence-corrected chi connectivity index (χ1v) is 8.11. The average Bonchev–Trinajstić information content (AvgIpc) is 2.45. The van der Waals surface area contributed by atoms with Gasteiger partial charge in [0.25, 0.3) is 0 Å². The molecule has 2 unspecified atom stereocenters. The van der Waals surface area contributed by atoms with Crippen LogP contribution in [0.1, 0.15) is 37.8 Å². The summed E-state index contributed by atoms with van der Waals surface area (Å²) in [6.07, 6.45) is 3.33. The number of nitrogens with zero attached hydrogens (tertiary/aromatic N) is 1. The van der Waals surface area contributed by atoms with Gasteiger partial charge in [-0.25, -0.2) is 0 Å². The number of benzene rings is 1. The van der Waals surface area contributed by atoms with Crippen LogP contribution in [-0.2, 0) is 4.74 Å². The molecule has 0 spiro atoms. The maximum atomic E-state index is 6.33. The van der Waals surface area contributed by atoms with Gasteiger partial charge in [0.05, 0.1) is 5.60 Å². The Labute approximate surface area is 130 Å². The van der Waals surface area contributed by atoms with Crippen LogP contribution in [0.3, 0.4) is 0 Å². The van der Waals surface area contributed by atoms with Crippen LogP contribution in [0.5, 0.6) is 0 Å². The van der Waals surface area contributed by atoms with E-state index in [9.17, 15) is 0 Å². The van der Waals surface area contributed by atoms with E-state index in [1.165, 1.54) is 12.0 Å². The lowest BCUT2D eigenvalue weighted by Gasteiger charge is -2.39. The van der Waals surface area contributed by atoms with Gasteiger partial charge >= 0.3 is 0 Å². The Morgan fingerprint density at radius 1 is 1.45 bits per heavy atom. The van der Waals surface area contributed by atoms with E-state index < -0.39 is 0 Å². The molecule has 2 rings (SSSR count). The van der Waals surface area contributed by atoms with Gasteiger partial charge < -0.3 is 15.4 Å². The van der Waals surface area contributed by atoms with Crippen LogP contribution < -0.4 is 5.73 Å². The van der Waals surface area contributed by atoms with Gasteiger partial charge in [0, 0.05) is 30.7 Å². The predicted molar refractivity (Wildman–Crippen MR) is 86.8 cm³/mol. The minimum atomic E-state index is 0.00960. The van der Waals surface area contributed by atoms with Crippen LogP contribution in [0.15, 0.2) is 28.7 Å². The highest BCUT2D eigenvalue weighted by Gasteiger charge is 2.30.